The summed E-state index contributed by atoms with van der Waals surface area (Å²) < 4.78 is 4.80. The Morgan fingerprint density at radius 2 is 2.00 bits per heavy atom. The van der Waals surface area contributed by atoms with Gasteiger partial charge in [0.25, 0.3) is 0 Å². The van der Waals surface area contributed by atoms with E-state index in [1.54, 1.807) is 0 Å². The second-order valence-electron chi connectivity index (χ2n) is 4.59. The Kier molecular flexibility index (Phi) is 2.99. The molecule has 1 aliphatic rings. The number of carbonyl (C=O) groups excluding carboxylic acids is 1. The van der Waals surface area contributed by atoms with E-state index in [0.717, 1.165) is 11.1 Å². The van der Waals surface area contributed by atoms with E-state index in [-0.39, 0.29) is 5.97 Å². The number of carbonyl (C=O) groups is 1. The molecule has 0 atom stereocenters. The molecular weight excluding hydrogens is 200 g/mol. The molecule has 1 aromatic rings. The van der Waals surface area contributed by atoms with Crippen LogP contribution in [0.2, 0.25) is 0 Å². The zero-order chi connectivity index (χ0) is 11.7. The highest BCUT2D eigenvalue weighted by molar-refractivity contribution is 5.91. The molecule has 0 N–H and O–H groups in total. The monoisotopic (exact) mass is 218 g/mol. The second kappa shape index (κ2) is 4.28. The fourth-order valence-corrected chi connectivity index (χ4v) is 2.52. The molecule has 0 aliphatic heterocycles. The van der Waals surface area contributed by atoms with E-state index in [0.29, 0.717) is 5.92 Å². The van der Waals surface area contributed by atoms with Crippen LogP contribution in [0.5, 0.6) is 0 Å². The van der Waals surface area contributed by atoms with Crippen molar-refractivity contribution in [2.24, 2.45) is 0 Å². The van der Waals surface area contributed by atoms with Gasteiger partial charge < -0.3 is 4.74 Å². The number of methoxy groups -OCH3 is 1. The van der Waals surface area contributed by atoms with Crippen LogP contribution in [-0.2, 0) is 4.74 Å². The Bertz CT molecular complexity index is 417. The summed E-state index contributed by atoms with van der Waals surface area (Å²) in [6.45, 7) is 4.16. The third-order valence-electron chi connectivity index (χ3n) is 3.65. The van der Waals surface area contributed by atoms with Crippen LogP contribution in [0.25, 0.3) is 0 Å². The average Bonchev–Trinajstić information content (AvgIpc) is 2.20. The Morgan fingerprint density at radius 1 is 1.31 bits per heavy atom. The zero-order valence-corrected chi connectivity index (χ0v) is 10.2. The number of esters is 1. The van der Waals surface area contributed by atoms with Gasteiger partial charge in [-0.1, -0.05) is 12.5 Å². The molecule has 2 rings (SSSR count). The molecule has 0 bridgehead atoms. The lowest BCUT2D eigenvalue weighted by Gasteiger charge is -2.29. The standard InChI is InChI=1S/C14H18O2/c1-9-7-8-12(14(15)16-3)10(2)13(9)11-5-4-6-11/h7-8,11H,4-6H2,1-3H3. The summed E-state index contributed by atoms with van der Waals surface area (Å²) >= 11 is 0. The fourth-order valence-electron chi connectivity index (χ4n) is 2.52. The molecule has 16 heavy (non-hydrogen) atoms. The summed E-state index contributed by atoms with van der Waals surface area (Å²) in [7, 11) is 1.44. The van der Waals surface area contributed by atoms with Crippen LogP contribution in [0.1, 0.15) is 52.2 Å². The third-order valence-corrected chi connectivity index (χ3v) is 3.65. The number of benzene rings is 1. The van der Waals surface area contributed by atoms with E-state index in [1.165, 1.54) is 37.5 Å². The topological polar surface area (TPSA) is 26.3 Å². The molecule has 0 spiro atoms. The molecule has 1 aliphatic carbocycles. The van der Waals surface area contributed by atoms with Crippen molar-refractivity contribution in [3.63, 3.8) is 0 Å². The first-order chi connectivity index (χ1) is 7.65. The molecule has 2 nitrogen and oxygen atoms in total. The number of rotatable bonds is 2. The highest BCUT2D eigenvalue weighted by atomic mass is 16.5. The molecule has 86 valence electrons. The molecule has 0 aromatic heterocycles. The van der Waals surface area contributed by atoms with Gasteiger partial charge in [-0.2, -0.15) is 0 Å². The highest BCUT2D eigenvalue weighted by Gasteiger charge is 2.25. The fraction of sp³-hybridized carbons (Fsp3) is 0.500. The van der Waals surface area contributed by atoms with Crippen molar-refractivity contribution >= 4 is 5.97 Å². The maximum absolute atomic E-state index is 11.6. The minimum absolute atomic E-state index is 0.224. The number of hydrogen-bond donors (Lipinski definition) is 0. The number of aryl methyl sites for hydroxylation is 1. The van der Waals surface area contributed by atoms with Crippen LogP contribution < -0.4 is 0 Å². The van der Waals surface area contributed by atoms with Gasteiger partial charge in [0, 0.05) is 0 Å². The first kappa shape index (κ1) is 11.2. The maximum Gasteiger partial charge on any atom is 0.338 e. The lowest BCUT2D eigenvalue weighted by molar-refractivity contribution is 0.0599. The molecule has 1 saturated carbocycles. The minimum atomic E-state index is -0.224. The molecule has 0 amide bonds. The van der Waals surface area contributed by atoms with Crippen LogP contribution in [0.4, 0.5) is 0 Å². The van der Waals surface area contributed by atoms with E-state index in [1.807, 2.05) is 19.1 Å². The van der Waals surface area contributed by atoms with Crippen LogP contribution in [0.3, 0.4) is 0 Å². The predicted octanol–water partition coefficient (Wildman–Crippen LogP) is 3.36. The quantitative estimate of drug-likeness (QED) is 0.711. The first-order valence-corrected chi connectivity index (χ1v) is 5.83. The number of hydrogen-bond acceptors (Lipinski definition) is 2. The molecular formula is C14H18O2. The summed E-state index contributed by atoms with van der Waals surface area (Å²) in [6.07, 6.45) is 3.82. The Balaban J connectivity index is 2.46. The molecule has 0 radical (unpaired) electrons. The summed E-state index contributed by atoms with van der Waals surface area (Å²) in [5.41, 5.74) is 4.50. The Morgan fingerprint density at radius 3 is 2.50 bits per heavy atom. The van der Waals surface area contributed by atoms with Crippen LogP contribution >= 0.6 is 0 Å². The van der Waals surface area contributed by atoms with Crippen LogP contribution in [0, 0.1) is 13.8 Å². The van der Waals surface area contributed by atoms with Crippen molar-refractivity contribution in [3.8, 4) is 0 Å². The largest absolute Gasteiger partial charge is 0.465 e. The highest BCUT2D eigenvalue weighted by Crippen LogP contribution is 2.40. The molecule has 1 aromatic carbocycles. The average molecular weight is 218 g/mol. The number of ether oxygens (including phenoxy) is 1. The van der Waals surface area contributed by atoms with Gasteiger partial charge in [-0.3, -0.25) is 0 Å². The summed E-state index contributed by atoms with van der Waals surface area (Å²) in [5, 5.41) is 0. The SMILES string of the molecule is COC(=O)c1ccc(C)c(C2CCC2)c1C. The van der Waals surface area contributed by atoms with Crippen molar-refractivity contribution in [1.29, 1.82) is 0 Å². The first-order valence-electron chi connectivity index (χ1n) is 5.83. The van der Waals surface area contributed by atoms with Crippen molar-refractivity contribution < 1.29 is 9.53 Å². The smallest absolute Gasteiger partial charge is 0.338 e. The van der Waals surface area contributed by atoms with Gasteiger partial charge in [0.15, 0.2) is 0 Å². The summed E-state index contributed by atoms with van der Waals surface area (Å²) in [4.78, 5) is 11.6. The molecule has 0 saturated heterocycles. The van der Waals surface area contributed by atoms with Crippen LogP contribution in [-0.4, -0.2) is 13.1 Å². The van der Waals surface area contributed by atoms with E-state index < -0.39 is 0 Å². The van der Waals surface area contributed by atoms with Crippen molar-refractivity contribution in [2.45, 2.75) is 39.0 Å². The van der Waals surface area contributed by atoms with Gasteiger partial charge in [0.05, 0.1) is 12.7 Å². The van der Waals surface area contributed by atoms with E-state index in [4.69, 9.17) is 4.74 Å². The van der Waals surface area contributed by atoms with Gasteiger partial charge in [-0.05, 0) is 55.4 Å². The van der Waals surface area contributed by atoms with Gasteiger partial charge in [0.2, 0.25) is 0 Å². The minimum Gasteiger partial charge on any atom is -0.465 e. The normalized spacial score (nSPS) is 15.7. The molecule has 0 unspecified atom stereocenters. The van der Waals surface area contributed by atoms with Gasteiger partial charge in [-0.25, -0.2) is 4.79 Å². The van der Waals surface area contributed by atoms with Crippen molar-refractivity contribution in [3.05, 3.63) is 34.4 Å². The third kappa shape index (κ3) is 1.73. The summed E-state index contributed by atoms with van der Waals surface area (Å²) in [5.74, 6) is 0.433. The second-order valence-corrected chi connectivity index (χ2v) is 4.59. The molecule has 1 fully saturated rings. The Hall–Kier alpha value is -1.31. The lowest BCUT2D eigenvalue weighted by atomic mass is 9.76. The summed E-state index contributed by atoms with van der Waals surface area (Å²) in [6, 6.07) is 3.91. The van der Waals surface area contributed by atoms with Crippen LogP contribution in [0.15, 0.2) is 12.1 Å². The van der Waals surface area contributed by atoms with E-state index in [2.05, 4.69) is 6.92 Å². The van der Waals surface area contributed by atoms with E-state index >= 15 is 0 Å². The zero-order valence-electron chi connectivity index (χ0n) is 10.2. The van der Waals surface area contributed by atoms with Gasteiger partial charge >= 0.3 is 5.97 Å². The predicted molar refractivity (Wildman–Crippen MR) is 63.8 cm³/mol. The van der Waals surface area contributed by atoms with Gasteiger partial charge in [-0.15, -0.1) is 0 Å². The van der Waals surface area contributed by atoms with E-state index in [9.17, 15) is 4.79 Å². The maximum atomic E-state index is 11.6. The molecule has 0 heterocycles. The van der Waals surface area contributed by atoms with Crippen molar-refractivity contribution in [1.82, 2.24) is 0 Å². The molecule has 2 heteroatoms. The van der Waals surface area contributed by atoms with Gasteiger partial charge in [0.1, 0.15) is 0 Å². The lowest BCUT2D eigenvalue weighted by Crippen LogP contribution is -2.15. The Labute approximate surface area is 96.6 Å². The van der Waals surface area contributed by atoms with Crippen molar-refractivity contribution in [2.75, 3.05) is 7.11 Å².